The van der Waals surface area contributed by atoms with E-state index in [1.165, 1.54) is 15.6 Å². The number of amides is 1. The lowest BCUT2D eigenvalue weighted by atomic mass is 10.2. The number of sulfonamides is 1. The molecule has 0 aliphatic rings. The van der Waals surface area contributed by atoms with Gasteiger partial charge < -0.3 is 5.32 Å². The maximum atomic E-state index is 13.2. The second-order valence-corrected chi connectivity index (χ2v) is 9.12. The van der Waals surface area contributed by atoms with Gasteiger partial charge in [0.2, 0.25) is 5.91 Å². The molecule has 1 N–H and O–H groups in total. The molecule has 0 saturated heterocycles. The maximum Gasteiger partial charge on any atom is 0.264 e. The number of benzene rings is 2. The van der Waals surface area contributed by atoms with Crippen LogP contribution in [0.5, 0.6) is 0 Å². The Morgan fingerprint density at radius 2 is 1.64 bits per heavy atom. The monoisotopic (exact) mass is 415 g/mol. The molecule has 0 saturated carbocycles. The van der Waals surface area contributed by atoms with Gasteiger partial charge in [-0.3, -0.25) is 9.10 Å². The highest BCUT2D eigenvalue weighted by atomic mass is 32.2. The number of aromatic nitrogens is 1. The SMILES string of the molecule is Cc1ccc(N(CCC(=O)Nc2nccs2)S(=O)(=O)c2ccc(C)cc2)cc1. The molecular weight excluding hydrogens is 394 g/mol. The van der Waals surface area contributed by atoms with Crippen molar-refractivity contribution in [2.24, 2.45) is 0 Å². The standard InChI is InChI=1S/C20H21N3O3S2/c1-15-3-7-17(8-4-15)23(13-11-19(24)22-20-21-12-14-27-20)28(25,26)18-9-5-16(2)6-10-18/h3-10,12,14H,11,13H2,1-2H3,(H,21,22,24). The predicted octanol–water partition coefficient (Wildman–Crippen LogP) is 3.98. The van der Waals surface area contributed by atoms with Crippen LogP contribution in [0.15, 0.2) is 65.0 Å². The van der Waals surface area contributed by atoms with Crippen molar-refractivity contribution in [1.82, 2.24) is 4.98 Å². The number of aryl methyl sites for hydroxylation is 2. The number of hydrogen-bond donors (Lipinski definition) is 1. The Kier molecular flexibility index (Phi) is 6.11. The second-order valence-electron chi connectivity index (χ2n) is 6.36. The van der Waals surface area contributed by atoms with Crippen molar-refractivity contribution in [3.63, 3.8) is 0 Å². The van der Waals surface area contributed by atoms with Crippen LogP contribution in [-0.4, -0.2) is 25.9 Å². The third-order valence-corrected chi connectivity index (χ3v) is 6.68. The lowest BCUT2D eigenvalue weighted by Crippen LogP contribution is -2.34. The summed E-state index contributed by atoms with van der Waals surface area (Å²) in [6.45, 7) is 3.86. The Morgan fingerprint density at radius 3 is 2.21 bits per heavy atom. The normalized spacial score (nSPS) is 11.2. The Bertz CT molecular complexity index is 1030. The fourth-order valence-corrected chi connectivity index (χ4v) is 4.62. The molecule has 0 spiro atoms. The van der Waals surface area contributed by atoms with Crippen LogP contribution in [-0.2, 0) is 14.8 Å². The highest BCUT2D eigenvalue weighted by molar-refractivity contribution is 7.92. The Morgan fingerprint density at radius 1 is 1.04 bits per heavy atom. The van der Waals surface area contributed by atoms with Crippen molar-refractivity contribution in [1.29, 1.82) is 0 Å². The van der Waals surface area contributed by atoms with E-state index in [9.17, 15) is 13.2 Å². The number of rotatable bonds is 7. The molecule has 0 radical (unpaired) electrons. The number of carbonyl (C=O) groups excluding carboxylic acids is 1. The van der Waals surface area contributed by atoms with Gasteiger partial charge in [0.15, 0.2) is 5.13 Å². The van der Waals surface area contributed by atoms with Crippen molar-refractivity contribution in [2.75, 3.05) is 16.2 Å². The van der Waals surface area contributed by atoms with Crippen molar-refractivity contribution >= 4 is 38.1 Å². The highest BCUT2D eigenvalue weighted by Crippen LogP contribution is 2.25. The van der Waals surface area contributed by atoms with E-state index in [1.54, 1.807) is 48.0 Å². The van der Waals surface area contributed by atoms with Gasteiger partial charge in [0.1, 0.15) is 0 Å². The average Bonchev–Trinajstić information content (AvgIpc) is 3.16. The van der Waals surface area contributed by atoms with Crippen LogP contribution in [0.2, 0.25) is 0 Å². The number of nitrogens with zero attached hydrogens (tertiary/aromatic N) is 2. The minimum Gasteiger partial charge on any atom is -0.302 e. The minimum atomic E-state index is -3.80. The molecule has 1 heterocycles. The number of nitrogens with one attached hydrogen (secondary N) is 1. The molecule has 28 heavy (non-hydrogen) atoms. The van der Waals surface area contributed by atoms with Gasteiger partial charge in [0.25, 0.3) is 10.0 Å². The molecule has 0 aliphatic carbocycles. The number of hydrogen-bond acceptors (Lipinski definition) is 5. The maximum absolute atomic E-state index is 13.2. The summed E-state index contributed by atoms with van der Waals surface area (Å²) in [4.78, 5) is 16.4. The van der Waals surface area contributed by atoms with Crippen LogP contribution in [0.3, 0.4) is 0 Å². The summed E-state index contributed by atoms with van der Waals surface area (Å²) in [6, 6.07) is 13.9. The van der Waals surface area contributed by atoms with Crippen LogP contribution >= 0.6 is 11.3 Å². The molecule has 146 valence electrons. The first-order valence-electron chi connectivity index (χ1n) is 8.72. The van der Waals surface area contributed by atoms with Gasteiger partial charge >= 0.3 is 0 Å². The summed E-state index contributed by atoms with van der Waals surface area (Å²) in [7, 11) is -3.80. The first-order chi connectivity index (χ1) is 13.4. The van der Waals surface area contributed by atoms with Gasteiger partial charge in [0.05, 0.1) is 10.6 Å². The highest BCUT2D eigenvalue weighted by Gasteiger charge is 2.25. The Hall–Kier alpha value is -2.71. The van der Waals surface area contributed by atoms with Crippen LogP contribution in [0.1, 0.15) is 17.5 Å². The lowest BCUT2D eigenvalue weighted by molar-refractivity contribution is -0.116. The van der Waals surface area contributed by atoms with E-state index < -0.39 is 10.0 Å². The van der Waals surface area contributed by atoms with Gasteiger partial charge in [-0.1, -0.05) is 35.4 Å². The van der Waals surface area contributed by atoms with Crippen molar-refractivity contribution in [3.05, 3.63) is 71.2 Å². The van der Waals surface area contributed by atoms with Crippen LogP contribution in [0, 0.1) is 13.8 Å². The quantitative estimate of drug-likeness (QED) is 0.633. The van der Waals surface area contributed by atoms with Gasteiger partial charge in [-0.15, -0.1) is 11.3 Å². The number of carbonyl (C=O) groups is 1. The molecule has 0 atom stereocenters. The summed E-state index contributed by atoms with van der Waals surface area (Å²) in [5.74, 6) is -0.286. The summed E-state index contributed by atoms with van der Waals surface area (Å²) in [6.07, 6.45) is 1.61. The smallest absolute Gasteiger partial charge is 0.264 e. The fraction of sp³-hybridized carbons (Fsp3) is 0.200. The Labute approximate surface area is 168 Å². The first kappa shape index (κ1) is 20.0. The molecule has 0 unspecified atom stereocenters. The van der Waals surface area contributed by atoms with E-state index in [2.05, 4.69) is 10.3 Å². The van der Waals surface area contributed by atoms with E-state index in [1.807, 2.05) is 26.0 Å². The predicted molar refractivity (Wildman–Crippen MR) is 112 cm³/mol. The molecule has 1 aromatic heterocycles. The van der Waals surface area contributed by atoms with Crippen LogP contribution in [0.4, 0.5) is 10.8 Å². The van der Waals surface area contributed by atoms with Crippen molar-refractivity contribution in [3.8, 4) is 0 Å². The van der Waals surface area contributed by atoms with Crippen molar-refractivity contribution < 1.29 is 13.2 Å². The molecule has 2 aromatic carbocycles. The summed E-state index contributed by atoms with van der Waals surface area (Å²) in [5, 5.41) is 4.94. The topological polar surface area (TPSA) is 79.4 Å². The zero-order valence-corrected chi connectivity index (χ0v) is 17.3. The molecule has 0 fully saturated rings. The Balaban J connectivity index is 1.85. The van der Waals surface area contributed by atoms with Gasteiger partial charge in [0, 0.05) is 24.5 Å². The zero-order valence-electron chi connectivity index (χ0n) is 15.6. The summed E-state index contributed by atoms with van der Waals surface area (Å²) >= 11 is 1.31. The van der Waals surface area contributed by atoms with Crippen LogP contribution in [0.25, 0.3) is 0 Å². The van der Waals surface area contributed by atoms with E-state index in [0.717, 1.165) is 11.1 Å². The molecule has 8 heteroatoms. The average molecular weight is 416 g/mol. The summed E-state index contributed by atoms with van der Waals surface area (Å²) in [5.41, 5.74) is 2.52. The molecule has 3 rings (SSSR count). The van der Waals surface area contributed by atoms with Gasteiger partial charge in [-0.25, -0.2) is 13.4 Å². The third kappa shape index (κ3) is 4.76. The zero-order chi connectivity index (χ0) is 20.1. The minimum absolute atomic E-state index is 0.0124. The number of thiazole rings is 1. The number of anilines is 2. The van der Waals surface area contributed by atoms with E-state index in [4.69, 9.17) is 0 Å². The fourth-order valence-electron chi connectivity index (χ4n) is 2.61. The van der Waals surface area contributed by atoms with Crippen LogP contribution < -0.4 is 9.62 Å². The van der Waals surface area contributed by atoms with Crippen molar-refractivity contribution in [2.45, 2.75) is 25.2 Å². The van der Waals surface area contributed by atoms with E-state index in [-0.39, 0.29) is 23.8 Å². The molecule has 6 nitrogen and oxygen atoms in total. The van der Waals surface area contributed by atoms with E-state index in [0.29, 0.717) is 10.8 Å². The molecule has 3 aromatic rings. The molecule has 0 bridgehead atoms. The first-order valence-corrected chi connectivity index (χ1v) is 11.0. The molecule has 0 aliphatic heterocycles. The third-order valence-electron chi connectivity index (χ3n) is 4.15. The largest absolute Gasteiger partial charge is 0.302 e. The van der Waals surface area contributed by atoms with Gasteiger partial charge in [-0.2, -0.15) is 0 Å². The molecule has 1 amide bonds. The second kappa shape index (κ2) is 8.53. The van der Waals surface area contributed by atoms with Gasteiger partial charge in [-0.05, 0) is 38.1 Å². The van der Waals surface area contributed by atoms with E-state index >= 15 is 0 Å². The lowest BCUT2D eigenvalue weighted by Gasteiger charge is -2.24. The summed E-state index contributed by atoms with van der Waals surface area (Å²) < 4.78 is 27.8. The molecular formula is C20H21N3O3S2.